The van der Waals surface area contributed by atoms with E-state index in [-0.39, 0.29) is 31.5 Å². The average Bonchev–Trinajstić information content (AvgIpc) is 2.64. The van der Waals surface area contributed by atoms with Crippen LogP contribution in [0.1, 0.15) is 26.9 Å². The van der Waals surface area contributed by atoms with Gasteiger partial charge in [-0.1, -0.05) is 0 Å². The van der Waals surface area contributed by atoms with E-state index in [0.29, 0.717) is 5.95 Å². The molecule has 0 radical (unpaired) electrons. The summed E-state index contributed by atoms with van der Waals surface area (Å²) < 4.78 is 18.5. The molecule has 1 aliphatic carbocycles. The van der Waals surface area contributed by atoms with Gasteiger partial charge in [0.25, 0.3) is 0 Å². The monoisotopic (exact) mass is 389 g/mol. The first kappa shape index (κ1) is 18.3. The van der Waals surface area contributed by atoms with Crippen molar-refractivity contribution < 1.29 is 15.3 Å². The van der Waals surface area contributed by atoms with Crippen LogP contribution in [0.5, 0.6) is 6.01 Å². The van der Waals surface area contributed by atoms with Gasteiger partial charge < -0.3 is 19.9 Å². The molecule has 150 valence electrons. The number of amides is 1. The van der Waals surface area contributed by atoms with Gasteiger partial charge in [0.15, 0.2) is 11.6 Å². The molecular formula is C18H24FN7O2. The standard InChI is InChI=1S/C18H22FN7O2.H2/c1-9-14-15(25(3)10(2)16(27)26(14)4)24-17(22-9)23-12-5-13(6-12)28-18-20-7-11(19)8-21-18;/h7-8,10,12-13H,5-6H2,1-4H3,(H,22,23,24);1H/t10-,12?,13?;/m0./s1. The fourth-order valence-corrected chi connectivity index (χ4v) is 3.47. The second kappa shape index (κ2) is 6.84. The summed E-state index contributed by atoms with van der Waals surface area (Å²) in [5, 5.41) is 3.32. The summed E-state index contributed by atoms with van der Waals surface area (Å²) in [4.78, 5) is 32.6. The number of aryl methyl sites for hydroxylation is 1. The lowest BCUT2D eigenvalue weighted by Gasteiger charge is -2.38. The first-order valence-corrected chi connectivity index (χ1v) is 9.13. The van der Waals surface area contributed by atoms with Gasteiger partial charge in [-0.05, 0) is 13.8 Å². The molecule has 0 aromatic carbocycles. The highest BCUT2D eigenvalue weighted by Crippen LogP contribution is 2.36. The number of fused-ring (bicyclic) bond motifs is 1. The van der Waals surface area contributed by atoms with Gasteiger partial charge in [0.2, 0.25) is 11.9 Å². The Balaban J connectivity index is 0.00000240. The zero-order chi connectivity index (χ0) is 20.0. The van der Waals surface area contributed by atoms with Crippen molar-refractivity contribution >= 4 is 23.4 Å². The number of likely N-dealkylation sites (N-methyl/N-ethyl adjacent to an activating group) is 2. The second-order valence-corrected chi connectivity index (χ2v) is 7.23. The maximum absolute atomic E-state index is 12.8. The number of anilines is 3. The van der Waals surface area contributed by atoms with Crippen molar-refractivity contribution in [1.29, 1.82) is 0 Å². The van der Waals surface area contributed by atoms with Crippen LogP contribution in [0.15, 0.2) is 12.4 Å². The van der Waals surface area contributed by atoms with Crippen LogP contribution >= 0.6 is 0 Å². The molecule has 2 aliphatic rings. The highest BCUT2D eigenvalue weighted by atomic mass is 19.1. The molecule has 4 rings (SSSR count). The van der Waals surface area contributed by atoms with E-state index in [0.717, 1.165) is 42.4 Å². The molecule has 3 heterocycles. The molecular weight excluding hydrogens is 365 g/mol. The fraction of sp³-hybridized carbons (Fsp3) is 0.500. The minimum atomic E-state index is -0.493. The van der Waals surface area contributed by atoms with Crippen LogP contribution < -0.4 is 19.9 Å². The molecule has 2 aromatic heterocycles. The number of halogens is 1. The van der Waals surface area contributed by atoms with Crippen molar-refractivity contribution in [2.24, 2.45) is 0 Å². The summed E-state index contributed by atoms with van der Waals surface area (Å²) >= 11 is 0. The van der Waals surface area contributed by atoms with Crippen LogP contribution in [-0.4, -0.2) is 58.1 Å². The zero-order valence-electron chi connectivity index (χ0n) is 16.2. The van der Waals surface area contributed by atoms with E-state index in [4.69, 9.17) is 4.74 Å². The Hall–Kier alpha value is -3.04. The number of rotatable bonds is 4. The smallest absolute Gasteiger partial charge is 0.316 e. The quantitative estimate of drug-likeness (QED) is 0.845. The maximum atomic E-state index is 12.8. The molecule has 0 saturated heterocycles. The molecule has 0 bridgehead atoms. The molecule has 1 atom stereocenters. The minimum absolute atomic E-state index is 0. The molecule has 1 saturated carbocycles. The third-order valence-corrected chi connectivity index (χ3v) is 5.28. The number of nitrogens with one attached hydrogen (secondary N) is 1. The first-order chi connectivity index (χ1) is 13.3. The Morgan fingerprint density at radius 2 is 1.93 bits per heavy atom. The summed E-state index contributed by atoms with van der Waals surface area (Å²) in [5.74, 6) is 0.785. The van der Waals surface area contributed by atoms with E-state index < -0.39 is 5.82 Å². The van der Waals surface area contributed by atoms with Gasteiger partial charge in [0, 0.05) is 34.4 Å². The number of hydrogen-bond acceptors (Lipinski definition) is 8. The van der Waals surface area contributed by atoms with Crippen molar-refractivity contribution in [3.63, 3.8) is 0 Å². The van der Waals surface area contributed by atoms with Gasteiger partial charge in [-0.3, -0.25) is 4.79 Å². The lowest BCUT2D eigenvalue weighted by molar-refractivity contribution is -0.119. The fourth-order valence-electron chi connectivity index (χ4n) is 3.47. The predicted molar refractivity (Wildman–Crippen MR) is 103 cm³/mol. The van der Waals surface area contributed by atoms with E-state index in [1.807, 2.05) is 25.8 Å². The third-order valence-electron chi connectivity index (χ3n) is 5.28. The van der Waals surface area contributed by atoms with Crippen LogP contribution in [0, 0.1) is 12.7 Å². The highest BCUT2D eigenvalue weighted by Gasteiger charge is 2.36. The molecule has 0 unspecified atom stereocenters. The molecule has 1 aliphatic heterocycles. The summed E-state index contributed by atoms with van der Waals surface area (Å²) in [5.41, 5.74) is 1.48. The molecule has 9 nitrogen and oxygen atoms in total. The van der Waals surface area contributed by atoms with Crippen LogP contribution in [0.3, 0.4) is 0 Å². The Kier molecular flexibility index (Phi) is 4.48. The molecule has 2 aromatic rings. The number of hydrogen-bond donors (Lipinski definition) is 1. The van der Waals surface area contributed by atoms with Crippen LogP contribution in [0.25, 0.3) is 0 Å². The SMILES string of the molecule is Cc1nc(NC2CC(Oc3ncc(F)cn3)C2)nc2c1N(C)C(=O)[C@H](C)N2C.[HH]. The lowest BCUT2D eigenvalue weighted by atomic mass is 9.89. The van der Waals surface area contributed by atoms with Crippen molar-refractivity contribution in [2.45, 2.75) is 44.9 Å². The van der Waals surface area contributed by atoms with Crippen molar-refractivity contribution in [2.75, 3.05) is 29.2 Å². The van der Waals surface area contributed by atoms with Gasteiger partial charge in [0.1, 0.15) is 17.8 Å². The number of ether oxygens (including phenoxy) is 1. The molecule has 1 amide bonds. The molecule has 28 heavy (non-hydrogen) atoms. The summed E-state index contributed by atoms with van der Waals surface area (Å²) in [6, 6.07) is 0.0551. The lowest BCUT2D eigenvalue weighted by Crippen LogP contribution is -2.50. The molecule has 1 N–H and O–H groups in total. The van der Waals surface area contributed by atoms with E-state index in [1.54, 1.807) is 11.9 Å². The topological polar surface area (TPSA) is 96.4 Å². The van der Waals surface area contributed by atoms with Gasteiger partial charge in [-0.15, -0.1) is 0 Å². The van der Waals surface area contributed by atoms with Gasteiger partial charge in [-0.25, -0.2) is 19.3 Å². The summed E-state index contributed by atoms with van der Waals surface area (Å²) in [7, 11) is 3.61. The minimum Gasteiger partial charge on any atom is -0.460 e. The number of aromatic nitrogens is 4. The van der Waals surface area contributed by atoms with Crippen LogP contribution in [0.2, 0.25) is 0 Å². The van der Waals surface area contributed by atoms with E-state index in [1.165, 1.54) is 0 Å². The Morgan fingerprint density at radius 3 is 2.61 bits per heavy atom. The van der Waals surface area contributed by atoms with Crippen LogP contribution in [-0.2, 0) is 4.79 Å². The second-order valence-electron chi connectivity index (χ2n) is 7.23. The van der Waals surface area contributed by atoms with Gasteiger partial charge in [0.05, 0.1) is 18.1 Å². The number of carbonyl (C=O) groups excluding carboxylic acids is 1. The zero-order valence-corrected chi connectivity index (χ0v) is 16.2. The Morgan fingerprint density at radius 1 is 1.25 bits per heavy atom. The van der Waals surface area contributed by atoms with Crippen molar-refractivity contribution in [3.05, 3.63) is 23.9 Å². The number of carbonyl (C=O) groups is 1. The van der Waals surface area contributed by atoms with E-state index in [2.05, 4.69) is 25.3 Å². The van der Waals surface area contributed by atoms with Gasteiger partial charge >= 0.3 is 6.01 Å². The van der Waals surface area contributed by atoms with Crippen LogP contribution in [0.4, 0.5) is 21.8 Å². The van der Waals surface area contributed by atoms with E-state index >= 15 is 0 Å². The molecule has 1 fully saturated rings. The van der Waals surface area contributed by atoms with Crippen molar-refractivity contribution in [3.8, 4) is 6.01 Å². The summed E-state index contributed by atoms with van der Waals surface area (Å²) in [6.07, 6.45) is 3.61. The molecule has 10 heteroatoms. The number of nitrogens with zero attached hydrogens (tertiary/aromatic N) is 6. The van der Waals surface area contributed by atoms with Crippen molar-refractivity contribution in [1.82, 2.24) is 19.9 Å². The maximum Gasteiger partial charge on any atom is 0.316 e. The third kappa shape index (κ3) is 3.19. The largest absolute Gasteiger partial charge is 0.460 e. The Labute approximate surface area is 163 Å². The Bertz CT molecular complexity index is 908. The first-order valence-electron chi connectivity index (χ1n) is 9.13. The van der Waals surface area contributed by atoms with E-state index in [9.17, 15) is 9.18 Å². The predicted octanol–water partition coefficient (Wildman–Crippen LogP) is 1.78. The summed E-state index contributed by atoms with van der Waals surface area (Å²) in [6.45, 7) is 3.73. The molecule has 0 spiro atoms. The normalized spacial score (nSPS) is 23.9. The average molecular weight is 389 g/mol. The highest BCUT2D eigenvalue weighted by molar-refractivity contribution is 6.04. The van der Waals surface area contributed by atoms with Gasteiger partial charge in [-0.2, -0.15) is 4.98 Å².